The van der Waals surface area contributed by atoms with Gasteiger partial charge in [-0.1, -0.05) is 41.4 Å². The Hall–Kier alpha value is -2.29. The second kappa shape index (κ2) is 11.2. The summed E-state index contributed by atoms with van der Waals surface area (Å²) in [5, 5.41) is 3.28. The zero-order valence-corrected chi connectivity index (χ0v) is 25.5. The van der Waals surface area contributed by atoms with Gasteiger partial charge in [-0.25, -0.2) is 8.42 Å². The van der Waals surface area contributed by atoms with Crippen molar-refractivity contribution in [1.82, 2.24) is 10.2 Å². The Morgan fingerprint density at radius 1 is 0.975 bits per heavy atom. The highest BCUT2D eigenvalue weighted by molar-refractivity contribution is 7.92. The Bertz CT molecular complexity index is 1360. The van der Waals surface area contributed by atoms with Gasteiger partial charge in [-0.2, -0.15) is 0 Å². The van der Waals surface area contributed by atoms with Crippen LogP contribution in [0.3, 0.4) is 0 Å². The Balaban J connectivity index is 1.39. The minimum atomic E-state index is -3.79. The molecule has 4 bridgehead atoms. The van der Waals surface area contributed by atoms with Gasteiger partial charge in [0.2, 0.25) is 21.8 Å². The fourth-order valence-electron chi connectivity index (χ4n) is 7.69. The van der Waals surface area contributed by atoms with Gasteiger partial charge in [-0.3, -0.25) is 13.9 Å². The maximum absolute atomic E-state index is 13.7. The minimum absolute atomic E-state index is 0.0624. The van der Waals surface area contributed by atoms with E-state index in [-0.39, 0.29) is 17.9 Å². The highest BCUT2D eigenvalue weighted by Crippen LogP contribution is 2.60. The molecule has 0 saturated heterocycles. The summed E-state index contributed by atoms with van der Waals surface area (Å²) in [6.45, 7) is 1.24. The van der Waals surface area contributed by atoms with Crippen LogP contribution in [0, 0.1) is 17.8 Å². The third-order valence-corrected chi connectivity index (χ3v) is 11.1. The zero-order valence-electron chi connectivity index (χ0n) is 23.2. The molecule has 2 aromatic carbocycles. The molecule has 4 aliphatic rings. The summed E-state index contributed by atoms with van der Waals surface area (Å²) >= 11 is 12.2. The number of hydrogen-bond acceptors (Lipinski definition) is 4. The second-order valence-corrected chi connectivity index (χ2v) is 14.8. The lowest BCUT2D eigenvalue weighted by atomic mass is 9.48. The molecule has 10 heteroatoms. The van der Waals surface area contributed by atoms with Gasteiger partial charge >= 0.3 is 0 Å². The SMILES string of the molecule is CNC(=O)[C@@H](C)N(Cc1ccc(Cl)c(Cl)c1)C(=O)CN(c1ccc(C23CC4CC(CC(C4)C2)C3)cc1)S(C)(=O)=O. The van der Waals surface area contributed by atoms with Gasteiger partial charge in [0, 0.05) is 13.6 Å². The largest absolute Gasteiger partial charge is 0.357 e. The van der Waals surface area contributed by atoms with E-state index < -0.39 is 28.5 Å². The predicted molar refractivity (Wildman–Crippen MR) is 159 cm³/mol. The third kappa shape index (κ3) is 5.86. The van der Waals surface area contributed by atoms with Crippen molar-refractivity contribution in [3.8, 4) is 0 Å². The van der Waals surface area contributed by atoms with E-state index in [2.05, 4.69) is 17.4 Å². The van der Waals surface area contributed by atoms with E-state index in [1.165, 1.54) is 56.0 Å². The Morgan fingerprint density at radius 2 is 1.55 bits per heavy atom. The maximum Gasteiger partial charge on any atom is 0.244 e. The van der Waals surface area contributed by atoms with Crippen LogP contribution in [0.15, 0.2) is 42.5 Å². The number of nitrogens with one attached hydrogen (secondary N) is 1. The number of halogens is 2. The van der Waals surface area contributed by atoms with Crippen LogP contribution in [0.1, 0.15) is 56.6 Å². The number of hydrogen-bond donors (Lipinski definition) is 1. The van der Waals surface area contributed by atoms with Gasteiger partial charge < -0.3 is 10.2 Å². The highest BCUT2D eigenvalue weighted by Gasteiger charge is 2.51. The lowest BCUT2D eigenvalue weighted by molar-refractivity contribution is -0.139. The number of sulfonamides is 1. The number of anilines is 1. The molecule has 6 rings (SSSR count). The predicted octanol–water partition coefficient (Wildman–Crippen LogP) is 5.39. The summed E-state index contributed by atoms with van der Waals surface area (Å²) in [5.41, 5.74) is 2.58. The molecular weight excluding hydrogens is 569 g/mol. The standard InChI is InChI=1S/C30H37Cl2N3O4S/c1-19(29(37)33-2)34(17-20-4-9-26(31)27(32)13-20)28(36)18-35(40(3,38)39)25-7-5-24(6-8-25)30-14-21-10-22(15-30)12-23(11-21)16-30/h4-9,13,19,21-23H,10-12,14-18H2,1-3H3,(H,33,37)/t19-,21?,22?,23?,30?/m1/s1. The number of carbonyl (C=O) groups excluding carboxylic acids is 2. The maximum atomic E-state index is 13.7. The molecule has 0 unspecified atom stereocenters. The first-order valence-electron chi connectivity index (χ1n) is 13.9. The van der Waals surface area contributed by atoms with E-state index in [0.29, 0.717) is 21.3 Å². The molecule has 216 valence electrons. The molecule has 2 amide bonds. The van der Waals surface area contributed by atoms with Crippen LogP contribution < -0.4 is 9.62 Å². The van der Waals surface area contributed by atoms with Gasteiger partial charge in [0.1, 0.15) is 12.6 Å². The molecule has 40 heavy (non-hydrogen) atoms. The molecule has 7 nitrogen and oxygen atoms in total. The van der Waals surface area contributed by atoms with Crippen LogP contribution in [0.4, 0.5) is 5.69 Å². The van der Waals surface area contributed by atoms with Gasteiger partial charge in [0.15, 0.2) is 0 Å². The van der Waals surface area contributed by atoms with E-state index >= 15 is 0 Å². The fourth-order valence-corrected chi connectivity index (χ4v) is 8.86. The summed E-state index contributed by atoms with van der Waals surface area (Å²) in [5.74, 6) is 1.55. The molecule has 2 aromatic rings. The normalized spacial score (nSPS) is 25.9. The first-order chi connectivity index (χ1) is 18.9. The topological polar surface area (TPSA) is 86.8 Å². The molecule has 4 aliphatic carbocycles. The molecule has 0 spiro atoms. The van der Waals surface area contributed by atoms with Gasteiger partial charge in [0.25, 0.3) is 0 Å². The smallest absolute Gasteiger partial charge is 0.244 e. The molecule has 4 saturated carbocycles. The fraction of sp³-hybridized carbons (Fsp3) is 0.533. The van der Waals surface area contributed by atoms with Crippen molar-refractivity contribution in [2.75, 3.05) is 24.2 Å². The number of nitrogens with zero attached hydrogens (tertiary/aromatic N) is 2. The van der Waals surface area contributed by atoms with Crippen molar-refractivity contribution in [2.24, 2.45) is 17.8 Å². The number of likely N-dealkylation sites (N-methyl/N-ethyl adjacent to an activating group) is 1. The average molecular weight is 607 g/mol. The molecule has 1 N–H and O–H groups in total. The molecular formula is C30H37Cl2N3O4S. The van der Waals surface area contributed by atoms with Crippen molar-refractivity contribution < 1.29 is 18.0 Å². The van der Waals surface area contributed by atoms with E-state index in [9.17, 15) is 18.0 Å². The summed E-state index contributed by atoms with van der Waals surface area (Å²) in [6.07, 6.45) is 8.81. The number of carbonyl (C=O) groups is 2. The molecule has 1 atom stereocenters. The molecule has 0 heterocycles. The summed E-state index contributed by atoms with van der Waals surface area (Å²) in [6, 6.07) is 11.9. The van der Waals surface area contributed by atoms with Crippen LogP contribution >= 0.6 is 23.2 Å². The van der Waals surface area contributed by atoms with Gasteiger partial charge in [0.05, 0.1) is 22.0 Å². The average Bonchev–Trinajstić information content (AvgIpc) is 2.90. The minimum Gasteiger partial charge on any atom is -0.357 e. The van der Waals surface area contributed by atoms with Gasteiger partial charge in [-0.15, -0.1) is 0 Å². The second-order valence-electron chi connectivity index (χ2n) is 12.1. The van der Waals surface area contributed by atoms with Crippen molar-refractivity contribution in [2.45, 2.75) is 63.5 Å². The summed E-state index contributed by atoms with van der Waals surface area (Å²) < 4.78 is 27.0. The first-order valence-corrected chi connectivity index (χ1v) is 16.5. The number of benzene rings is 2. The summed E-state index contributed by atoms with van der Waals surface area (Å²) in [4.78, 5) is 27.6. The zero-order chi connectivity index (χ0) is 28.8. The number of amides is 2. The van der Waals surface area contributed by atoms with E-state index in [4.69, 9.17) is 23.2 Å². The van der Waals surface area contributed by atoms with Gasteiger partial charge in [-0.05, 0) is 104 Å². The lowest BCUT2D eigenvalue weighted by Gasteiger charge is -2.57. The van der Waals surface area contributed by atoms with E-state index in [0.717, 1.165) is 28.3 Å². The number of rotatable bonds is 9. The Morgan fingerprint density at radius 3 is 2.05 bits per heavy atom. The molecule has 0 radical (unpaired) electrons. The summed E-state index contributed by atoms with van der Waals surface area (Å²) in [7, 11) is -2.30. The lowest BCUT2D eigenvalue weighted by Crippen LogP contribution is -2.50. The van der Waals surface area contributed by atoms with Crippen LogP contribution in [-0.4, -0.2) is 51.0 Å². The van der Waals surface area contributed by atoms with Crippen molar-refractivity contribution in [1.29, 1.82) is 0 Å². The Kier molecular flexibility index (Phi) is 8.16. The van der Waals surface area contributed by atoms with E-state index in [1.807, 2.05) is 12.1 Å². The van der Waals surface area contributed by atoms with Crippen molar-refractivity contribution in [3.05, 3.63) is 63.6 Å². The van der Waals surface area contributed by atoms with Crippen LogP contribution in [-0.2, 0) is 31.6 Å². The molecule has 0 aromatic heterocycles. The van der Waals surface area contributed by atoms with Crippen molar-refractivity contribution >= 4 is 50.7 Å². The third-order valence-electron chi connectivity index (χ3n) is 9.24. The van der Waals surface area contributed by atoms with E-state index in [1.54, 1.807) is 25.1 Å². The quantitative estimate of drug-likeness (QED) is 0.415. The van der Waals surface area contributed by atoms with Crippen LogP contribution in [0.5, 0.6) is 0 Å². The molecule has 0 aliphatic heterocycles. The monoisotopic (exact) mass is 605 g/mol. The Labute approximate surface area is 247 Å². The highest BCUT2D eigenvalue weighted by atomic mass is 35.5. The molecule has 4 fully saturated rings. The van der Waals surface area contributed by atoms with Crippen molar-refractivity contribution in [3.63, 3.8) is 0 Å². The van der Waals surface area contributed by atoms with Crippen LogP contribution in [0.25, 0.3) is 0 Å². The first kappa shape index (κ1) is 29.2. The van der Waals surface area contributed by atoms with Crippen LogP contribution in [0.2, 0.25) is 10.0 Å².